The molecule has 0 fully saturated rings. The summed E-state index contributed by atoms with van der Waals surface area (Å²) in [6.07, 6.45) is 0.843. The van der Waals surface area contributed by atoms with Gasteiger partial charge in [0.05, 0.1) is 4.90 Å². The third kappa shape index (κ3) is 4.13. The highest BCUT2D eigenvalue weighted by molar-refractivity contribution is 7.89. The molecule has 0 radical (unpaired) electrons. The lowest BCUT2D eigenvalue weighted by Crippen LogP contribution is -2.30. The van der Waals surface area contributed by atoms with Gasteiger partial charge in [-0.15, -0.1) is 0 Å². The molecule has 0 unspecified atom stereocenters. The van der Waals surface area contributed by atoms with Crippen molar-refractivity contribution >= 4 is 10.0 Å². The van der Waals surface area contributed by atoms with E-state index in [0.717, 1.165) is 6.42 Å². The standard InChI is InChI=1S/C13H21NO2S/c1-13(2,3)10-11-14(4)17(15,16)12-8-6-5-7-9-12/h5-9H,10-11H2,1-4H3. The predicted octanol–water partition coefficient (Wildman–Crippen LogP) is 2.74. The summed E-state index contributed by atoms with van der Waals surface area (Å²) in [6.45, 7) is 6.86. The highest BCUT2D eigenvalue weighted by atomic mass is 32.2. The normalized spacial score (nSPS) is 13.0. The van der Waals surface area contributed by atoms with Gasteiger partial charge in [-0.05, 0) is 24.0 Å². The Bertz CT molecular complexity index is 446. The van der Waals surface area contributed by atoms with Gasteiger partial charge in [-0.2, -0.15) is 0 Å². The SMILES string of the molecule is CN(CCC(C)(C)C)S(=O)(=O)c1ccccc1. The van der Waals surface area contributed by atoms with Gasteiger partial charge in [-0.1, -0.05) is 39.0 Å². The lowest BCUT2D eigenvalue weighted by molar-refractivity contribution is 0.331. The number of hydrogen-bond acceptors (Lipinski definition) is 2. The predicted molar refractivity (Wildman–Crippen MR) is 70.3 cm³/mol. The average molecular weight is 255 g/mol. The van der Waals surface area contributed by atoms with Crippen molar-refractivity contribution in [2.24, 2.45) is 5.41 Å². The van der Waals surface area contributed by atoms with Gasteiger partial charge in [0.1, 0.15) is 0 Å². The molecule has 1 aromatic rings. The molecule has 0 aliphatic heterocycles. The van der Waals surface area contributed by atoms with Gasteiger partial charge < -0.3 is 0 Å². The summed E-state index contributed by atoms with van der Waals surface area (Å²) >= 11 is 0. The second-order valence-corrected chi connectivity index (χ2v) is 7.50. The molecule has 96 valence electrons. The molecule has 0 bridgehead atoms. The summed E-state index contributed by atoms with van der Waals surface area (Å²) in [7, 11) is -1.70. The van der Waals surface area contributed by atoms with E-state index in [0.29, 0.717) is 11.4 Å². The lowest BCUT2D eigenvalue weighted by atomic mass is 9.92. The highest BCUT2D eigenvalue weighted by Crippen LogP contribution is 2.21. The third-order valence-corrected chi connectivity index (χ3v) is 4.50. The van der Waals surface area contributed by atoms with Crippen LogP contribution in [0.25, 0.3) is 0 Å². The molecule has 1 rings (SSSR count). The van der Waals surface area contributed by atoms with Crippen LogP contribution in [0.2, 0.25) is 0 Å². The maximum Gasteiger partial charge on any atom is 0.242 e. The monoisotopic (exact) mass is 255 g/mol. The lowest BCUT2D eigenvalue weighted by Gasteiger charge is -2.23. The Hall–Kier alpha value is -0.870. The first-order valence-corrected chi connectivity index (χ1v) is 7.19. The highest BCUT2D eigenvalue weighted by Gasteiger charge is 2.21. The number of sulfonamides is 1. The first kappa shape index (κ1) is 14.2. The zero-order valence-electron chi connectivity index (χ0n) is 11.0. The maximum absolute atomic E-state index is 12.2. The van der Waals surface area contributed by atoms with Gasteiger partial charge in [0.2, 0.25) is 10.0 Å². The minimum Gasteiger partial charge on any atom is -0.207 e. The van der Waals surface area contributed by atoms with Crippen molar-refractivity contribution in [3.63, 3.8) is 0 Å². The molecule has 0 aliphatic carbocycles. The Kier molecular flexibility index (Phi) is 4.33. The Morgan fingerprint density at radius 2 is 1.65 bits per heavy atom. The van der Waals surface area contributed by atoms with E-state index < -0.39 is 10.0 Å². The van der Waals surface area contributed by atoms with E-state index in [2.05, 4.69) is 20.8 Å². The van der Waals surface area contributed by atoms with Crippen LogP contribution in [-0.2, 0) is 10.0 Å². The van der Waals surface area contributed by atoms with E-state index >= 15 is 0 Å². The fraction of sp³-hybridized carbons (Fsp3) is 0.538. The minimum absolute atomic E-state index is 0.139. The molecule has 17 heavy (non-hydrogen) atoms. The van der Waals surface area contributed by atoms with E-state index in [9.17, 15) is 8.42 Å². The molecule has 3 nitrogen and oxygen atoms in total. The summed E-state index contributed by atoms with van der Waals surface area (Å²) in [6, 6.07) is 8.55. The number of nitrogens with zero attached hydrogens (tertiary/aromatic N) is 1. The van der Waals surface area contributed by atoms with Crippen molar-refractivity contribution in [3.05, 3.63) is 30.3 Å². The van der Waals surface area contributed by atoms with Crippen molar-refractivity contribution in [3.8, 4) is 0 Å². The van der Waals surface area contributed by atoms with Gasteiger partial charge in [0, 0.05) is 13.6 Å². The summed E-state index contributed by atoms with van der Waals surface area (Å²) in [4.78, 5) is 0.358. The van der Waals surface area contributed by atoms with Crippen LogP contribution in [0, 0.1) is 5.41 Å². The van der Waals surface area contributed by atoms with E-state index in [1.165, 1.54) is 4.31 Å². The van der Waals surface area contributed by atoms with E-state index in [-0.39, 0.29) is 5.41 Å². The molecule has 0 N–H and O–H groups in total. The summed E-state index contributed by atoms with van der Waals surface area (Å²) in [5, 5.41) is 0. The molecular formula is C13H21NO2S. The van der Waals surface area contributed by atoms with Crippen LogP contribution in [0.1, 0.15) is 27.2 Å². The van der Waals surface area contributed by atoms with Crippen molar-refractivity contribution in [2.45, 2.75) is 32.1 Å². The molecule has 1 aromatic carbocycles. The zero-order valence-corrected chi connectivity index (χ0v) is 11.8. The quantitative estimate of drug-likeness (QED) is 0.829. The minimum atomic E-state index is -3.33. The molecule has 0 heterocycles. The van der Waals surface area contributed by atoms with Crippen LogP contribution >= 0.6 is 0 Å². The second-order valence-electron chi connectivity index (χ2n) is 5.45. The van der Waals surface area contributed by atoms with Crippen LogP contribution in [0.3, 0.4) is 0 Å². The van der Waals surface area contributed by atoms with Crippen LogP contribution in [0.15, 0.2) is 35.2 Å². The van der Waals surface area contributed by atoms with Crippen LogP contribution in [0.4, 0.5) is 0 Å². The maximum atomic E-state index is 12.2. The molecule has 0 atom stereocenters. The van der Waals surface area contributed by atoms with Crippen LogP contribution < -0.4 is 0 Å². The Balaban J connectivity index is 2.79. The van der Waals surface area contributed by atoms with E-state index in [1.54, 1.807) is 31.3 Å². The molecule has 0 aromatic heterocycles. The largest absolute Gasteiger partial charge is 0.242 e. The fourth-order valence-corrected chi connectivity index (χ4v) is 2.58. The van der Waals surface area contributed by atoms with E-state index in [4.69, 9.17) is 0 Å². The third-order valence-electron chi connectivity index (χ3n) is 2.63. The Morgan fingerprint density at radius 3 is 2.12 bits per heavy atom. The molecule has 4 heteroatoms. The van der Waals surface area contributed by atoms with Crippen molar-refractivity contribution < 1.29 is 8.42 Å². The summed E-state index contributed by atoms with van der Waals surface area (Å²) in [5.74, 6) is 0. The van der Waals surface area contributed by atoms with Gasteiger partial charge in [-0.25, -0.2) is 12.7 Å². The van der Waals surface area contributed by atoms with Gasteiger partial charge >= 0.3 is 0 Å². The summed E-state index contributed by atoms with van der Waals surface area (Å²) in [5.41, 5.74) is 0.139. The first-order chi connectivity index (χ1) is 7.73. The van der Waals surface area contributed by atoms with Gasteiger partial charge in [0.15, 0.2) is 0 Å². The first-order valence-electron chi connectivity index (χ1n) is 5.75. The number of benzene rings is 1. The van der Waals surface area contributed by atoms with Crippen molar-refractivity contribution in [2.75, 3.05) is 13.6 Å². The molecule has 0 saturated heterocycles. The van der Waals surface area contributed by atoms with Crippen molar-refractivity contribution in [1.29, 1.82) is 0 Å². The van der Waals surface area contributed by atoms with Crippen LogP contribution in [-0.4, -0.2) is 26.3 Å². The summed E-state index contributed by atoms with van der Waals surface area (Å²) < 4.78 is 25.8. The Morgan fingerprint density at radius 1 is 1.12 bits per heavy atom. The molecule has 0 saturated carbocycles. The molecule has 0 spiro atoms. The molecular weight excluding hydrogens is 234 g/mol. The molecule has 0 aliphatic rings. The fourth-order valence-electron chi connectivity index (χ4n) is 1.39. The van der Waals surface area contributed by atoms with Crippen LogP contribution in [0.5, 0.6) is 0 Å². The van der Waals surface area contributed by atoms with Gasteiger partial charge in [-0.3, -0.25) is 0 Å². The van der Waals surface area contributed by atoms with Gasteiger partial charge in [0.25, 0.3) is 0 Å². The van der Waals surface area contributed by atoms with Crippen molar-refractivity contribution in [1.82, 2.24) is 4.31 Å². The number of rotatable bonds is 4. The van der Waals surface area contributed by atoms with E-state index in [1.807, 2.05) is 6.07 Å². The smallest absolute Gasteiger partial charge is 0.207 e. The molecule has 0 amide bonds. The zero-order chi connectivity index (χ0) is 13.1. The number of hydrogen-bond donors (Lipinski definition) is 0. The second kappa shape index (κ2) is 5.19. The Labute approximate surface area is 105 Å². The average Bonchev–Trinajstić information content (AvgIpc) is 2.26. The topological polar surface area (TPSA) is 37.4 Å².